The molecule has 1 aromatic carbocycles. The maximum absolute atomic E-state index is 14.6. The number of likely N-dealkylation sites (tertiary alicyclic amines) is 1. The predicted octanol–water partition coefficient (Wildman–Crippen LogP) is 4.22. The molecule has 3 heterocycles. The van der Waals surface area contributed by atoms with Gasteiger partial charge in [0.25, 0.3) is 0 Å². The maximum Gasteiger partial charge on any atom is 0.242 e. The first-order valence-corrected chi connectivity index (χ1v) is 12.6. The predicted molar refractivity (Wildman–Crippen MR) is 124 cm³/mol. The van der Waals surface area contributed by atoms with E-state index in [-0.39, 0.29) is 11.6 Å². The van der Waals surface area contributed by atoms with E-state index in [9.17, 15) is 18.3 Å². The van der Waals surface area contributed by atoms with E-state index in [1.165, 1.54) is 6.07 Å². The van der Waals surface area contributed by atoms with E-state index < -0.39 is 35.4 Å². The third-order valence-electron chi connectivity index (χ3n) is 7.49. The normalized spacial score (nSPS) is 28.0. The van der Waals surface area contributed by atoms with Crippen LogP contribution in [0.15, 0.2) is 12.1 Å². The number of hydrogen-bond acceptors (Lipinski definition) is 6. The van der Waals surface area contributed by atoms with Gasteiger partial charge in [-0.3, -0.25) is 4.90 Å². The van der Waals surface area contributed by atoms with Crippen LogP contribution in [-0.2, 0) is 11.3 Å². The lowest BCUT2D eigenvalue weighted by Gasteiger charge is -2.41. The topological polar surface area (TPSA) is 75.4 Å². The molecule has 3 unspecified atom stereocenters. The van der Waals surface area contributed by atoms with Crippen molar-refractivity contribution in [1.82, 2.24) is 19.7 Å². The molecule has 0 spiro atoms. The third-order valence-corrected chi connectivity index (χ3v) is 7.49. The first kappa shape index (κ1) is 24.5. The van der Waals surface area contributed by atoms with E-state index in [4.69, 9.17) is 9.72 Å². The van der Waals surface area contributed by atoms with Crippen LogP contribution < -0.4 is 5.32 Å². The van der Waals surface area contributed by atoms with E-state index in [1.807, 2.05) is 25.7 Å². The second kappa shape index (κ2) is 9.37. The Balaban J connectivity index is 1.34. The first-order chi connectivity index (χ1) is 16.6. The number of nitrogens with zero attached hydrogens (tertiary/aromatic N) is 4. The number of rotatable bonds is 5. The molecule has 2 N–H and O–H groups in total. The molecule has 35 heavy (non-hydrogen) atoms. The zero-order chi connectivity index (χ0) is 24.9. The molecule has 2 bridgehead atoms. The highest BCUT2D eigenvalue weighted by atomic mass is 19.2. The number of aryl methyl sites for hydroxylation is 1. The summed E-state index contributed by atoms with van der Waals surface area (Å²) in [5.41, 5.74) is -0.318. The standard InChI is InChI=1S/C25H34F3N5O2/c1-25(2,3)35-24(34)32-12-14-7-8-15(13-32)21(14)29-23-30-22-17(6-4-5-11-33(22)31-23)16-9-10-18(26)20(28)19(16)27/h9-10,14-15,17,21,24,34H,4-8,11-13H2,1-3H3,(H,29,31)/t14-,15+,17?,21?,24?. The monoisotopic (exact) mass is 493 g/mol. The van der Waals surface area contributed by atoms with Crippen molar-refractivity contribution in [1.29, 1.82) is 0 Å². The summed E-state index contributed by atoms with van der Waals surface area (Å²) in [5, 5.41) is 18.7. The van der Waals surface area contributed by atoms with Crippen LogP contribution in [0.3, 0.4) is 0 Å². The molecule has 10 heteroatoms. The minimum Gasteiger partial charge on any atom is -0.356 e. The van der Waals surface area contributed by atoms with Gasteiger partial charge in [0, 0.05) is 37.2 Å². The van der Waals surface area contributed by atoms with Crippen molar-refractivity contribution in [2.24, 2.45) is 11.8 Å². The molecule has 2 aliphatic heterocycles. The van der Waals surface area contributed by atoms with Crippen molar-refractivity contribution in [3.63, 3.8) is 0 Å². The molecular formula is C25H34F3N5O2. The van der Waals surface area contributed by atoms with Crippen LogP contribution >= 0.6 is 0 Å². The number of ether oxygens (including phenoxy) is 1. The van der Waals surface area contributed by atoms with E-state index in [0.717, 1.165) is 31.7 Å². The Kier molecular flexibility index (Phi) is 6.56. The molecule has 3 aliphatic rings. The molecule has 7 nitrogen and oxygen atoms in total. The number of aliphatic hydroxyl groups excluding tert-OH is 1. The zero-order valence-corrected chi connectivity index (χ0v) is 20.5. The van der Waals surface area contributed by atoms with Gasteiger partial charge in [-0.05, 0) is 64.4 Å². The average molecular weight is 494 g/mol. The molecule has 2 fully saturated rings. The molecule has 2 aromatic rings. The molecule has 1 aliphatic carbocycles. The molecular weight excluding hydrogens is 459 g/mol. The van der Waals surface area contributed by atoms with Crippen molar-refractivity contribution >= 4 is 5.95 Å². The Hall–Kier alpha value is -2.17. The Labute approximate surface area is 203 Å². The largest absolute Gasteiger partial charge is 0.356 e. The summed E-state index contributed by atoms with van der Waals surface area (Å²) < 4.78 is 49.7. The zero-order valence-electron chi connectivity index (χ0n) is 20.5. The number of anilines is 1. The van der Waals surface area contributed by atoms with Gasteiger partial charge in [0.15, 0.2) is 17.5 Å². The van der Waals surface area contributed by atoms with Gasteiger partial charge in [-0.15, -0.1) is 5.10 Å². The first-order valence-electron chi connectivity index (χ1n) is 12.6. The number of halogens is 3. The Bertz CT molecular complexity index is 1060. The highest BCUT2D eigenvalue weighted by Gasteiger charge is 2.44. The van der Waals surface area contributed by atoms with Crippen LogP contribution in [0, 0.1) is 29.3 Å². The number of benzene rings is 1. The molecule has 0 amide bonds. The molecule has 192 valence electrons. The van der Waals surface area contributed by atoms with Crippen LogP contribution in [0.4, 0.5) is 19.1 Å². The molecule has 1 saturated heterocycles. The second-order valence-electron chi connectivity index (χ2n) is 11.1. The van der Waals surface area contributed by atoms with E-state index in [0.29, 0.717) is 49.7 Å². The van der Waals surface area contributed by atoms with E-state index in [1.54, 1.807) is 4.68 Å². The summed E-state index contributed by atoms with van der Waals surface area (Å²) in [4.78, 5) is 6.71. The number of aliphatic hydroxyl groups is 1. The minimum absolute atomic E-state index is 0.118. The van der Waals surface area contributed by atoms with Gasteiger partial charge < -0.3 is 15.2 Å². The fraction of sp³-hybridized carbons (Fsp3) is 0.680. The quantitative estimate of drug-likeness (QED) is 0.480. The average Bonchev–Trinajstić information content (AvgIpc) is 3.19. The van der Waals surface area contributed by atoms with Gasteiger partial charge in [0.2, 0.25) is 12.4 Å². The van der Waals surface area contributed by atoms with Crippen molar-refractivity contribution in [2.45, 2.75) is 83.4 Å². The van der Waals surface area contributed by atoms with Crippen molar-refractivity contribution in [3.05, 3.63) is 41.0 Å². The molecule has 1 aromatic heterocycles. The number of hydrogen-bond donors (Lipinski definition) is 2. The van der Waals surface area contributed by atoms with Crippen LogP contribution in [0.5, 0.6) is 0 Å². The summed E-state index contributed by atoms with van der Waals surface area (Å²) in [5.74, 6) is -2.59. The SMILES string of the molecule is CC(C)(C)OC(O)N1C[C@H]2CC[C@@H](C1)C2Nc1nc2n(n1)CCCCC2c1ccc(F)c(F)c1F. The Morgan fingerprint density at radius 1 is 1.06 bits per heavy atom. The van der Waals surface area contributed by atoms with Gasteiger partial charge in [0.05, 0.1) is 5.60 Å². The lowest BCUT2D eigenvalue weighted by molar-refractivity contribution is -0.246. The third kappa shape index (κ3) is 4.93. The van der Waals surface area contributed by atoms with Gasteiger partial charge in [-0.1, -0.05) is 12.5 Å². The summed E-state index contributed by atoms with van der Waals surface area (Å²) in [7, 11) is 0. The fourth-order valence-corrected chi connectivity index (χ4v) is 5.90. The minimum atomic E-state index is -1.45. The van der Waals surface area contributed by atoms with E-state index >= 15 is 0 Å². The lowest BCUT2D eigenvalue weighted by atomic mass is 9.92. The Morgan fingerprint density at radius 3 is 2.46 bits per heavy atom. The molecule has 5 atom stereocenters. The number of aromatic nitrogens is 3. The Morgan fingerprint density at radius 2 is 1.77 bits per heavy atom. The van der Waals surface area contributed by atoms with E-state index in [2.05, 4.69) is 10.4 Å². The second-order valence-corrected chi connectivity index (χ2v) is 11.1. The maximum atomic E-state index is 14.6. The fourth-order valence-electron chi connectivity index (χ4n) is 5.90. The van der Waals surface area contributed by atoms with Crippen molar-refractivity contribution in [3.8, 4) is 0 Å². The number of fused-ring (bicyclic) bond motifs is 3. The summed E-state index contributed by atoms with van der Waals surface area (Å²) in [6.45, 7) is 7.84. The van der Waals surface area contributed by atoms with Crippen LogP contribution in [0.1, 0.15) is 70.2 Å². The van der Waals surface area contributed by atoms with Crippen LogP contribution in [-0.4, -0.2) is 55.9 Å². The number of piperidine rings is 1. The molecule has 5 rings (SSSR count). The number of nitrogens with one attached hydrogen (secondary N) is 1. The highest BCUT2D eigenvalue weighted by Crippen LogP contribution is 2.40. The smallest absolute Gasteiger partial charge is 0.242 e. The van der Waals surface area contributed by atoms with Gasteiger partial charge >= 0.3 is 0 Å². The summed E-state index contributed by atoms with van der Waals surface area (Å²) >= 11 is 0. The molecule has 1 saturated carbocycles. The van der Waals surface area contributed by atoms with Gasteiger partial charge in [-0.2, -0.15) is 4.98 Å². The molecule has 0 radical (unpaired) electrons. The highest BCUT2D eigenvalue weighted by molar-refractivity contribution is 5.34. The summed E-state index contributed by atoms with van der Waals surface area (Å²) in [6, 6.07) is 2.46. The van der Waals surface area contributed by atoms with Gasteiger partial charge in [0.1, 0.15) is 5.82 Å². The summed E-state index contributed by atoms with van der Waals surface area (Å²) in [6.07, 6.45) is 3.41. The van der Waals surface area contributed by atoms with Crippen LogP contribution in [0.2, 0.25) is 0 Å². The lowest BCUT2D eigenvalue weighted by Crippen LogP contribution is -2.53. The van der Waals surface area contributed by atoms with Gasteiger partial charge in [-0.25, -0.2) is 17.9 Å². The van der Waals surface area contributed by atoms with Crippen LogP contribution in [0.25, 0.3) is 0 Å². The van der Waals surface area contributed by atoms with Crippen molar-refractivity contribution < 1.29 is 23.0 Å². The van der Waals surface area contributed by atoms with Crippen molar-refractivity contribution in [2.75, 3.05) is 18.4 Å².